The Hall–Kier alpha value is -0.350. The second-order valence-electron chi connectivity index (χ2n) is 3.81. The van der Waals surface area contributed by atoms with Gasteiger partial charge in [0.05, 0.1) is 0 Å². The molecule has 0 saturated carbocycles. The summed E-state index contributed by atoms with van der Waals surface area (Å²) in [5.41, 5.74) is 6.00. The topological polar surface area (TPSA) is 38.5 Å². The maximum Gasteiger partial charge on any atom is 0.166 e. The molecule has 0 atom stereocenters. The number of nitrogens with zero attached hydrogens (tertiary/aromatic N) is 1. The van der Waals surface area contributed by atoms with Gasteiger partial charge < -0.3 is 15.4 Å². The SMILES string of the molecule is NC(=S)N1CC2(CCOCC2)C1. The normalized spacial score (nSPS) is 26.8. The van der Waals surface area contributed by atoms with Crippen LogP contribution < -0.4 is 5.73 Å². The summed E-state index contributed by atoms with van der Waals surface area (Å²) in [6.45, 7) is 3.91. The molecule has 1 spiro atoms. The fourth-order valence-electron chi connectivity index (χ4n) is 2.04. The molecule has 2 rings (SSSR count). The standard InChI is InChI=1S/C8H14N2OS/c9-7(12)10-5-8(6-10)1-3-11-4-2-8/h1-6H2,(H2,9,12). The lowest BCUT2D eigenvalue weighted by Gasteiger charge is -2.52. The molecule has 0 unspecified atom stereocenters. The van der Waals surface area contributed by atoms with Crippen molar-refractivity contribution in [1.29, 1.82) is 0 Å². The van der Waals surface area contributed by atoms with Crippen LogP contribution in [0.3, 0.4) is 0 Å². The Morgan fingerprint density at radius 3 is 2.42 bits per heavy atom. The third-order valence-electron chi connectivity index (χ3n) is 2.92. The first-order valence-corrected chi connectivity index (χ1v) is 4.75. The van der Waals surface area contributed by atoms with Gasteiger partial charge in [0.25, 0.3) is 0 Å². The summed E-state index contributed by atoms with van der Waals surface area (Å²) in [7, 11) is 0. The van der Waals surface area contributed by atoms with Gasteiger partial charge in [-0.3, -0.25) is 0 Å². The molecule has 2 fully saturated rings. The molecule has 12 heavy (non-hydrogen) atoms. The highest BCUT2D eigenvalue weighted by Gasteiger charge is 2.44. The average Bonchev–Trinajstić information content (AvgIpc) is 2.01. The molecule has 0 aliphatic carbocycles. The van der Waals surface area contributed by atoms with Gasteiger partial charge in [0, 0.05) is 31.7 Å². The first kappa shape index (κ1) is 8.26. The summed E-state index contributed by atoms with van der Waals surface area (Å²) in [6.07, 6.45) is 2.35. The van der Waals surface area contributed by atoms with Crippen molar-refractivity contribution < 1.29 is 4.74 Å². The van der Waals surface area contributed by atoms with Gasteiger partial charge in [0.2, 0.25) is 0 Å². The van der Waals surface area contributed by atoms with Gasteiger partial charge in [-0.2, -0.15) is 0 Å². The highest BCUT2D eigenvalue weighted by atomic mass is 32.1. The van der Waals surface area contributed by atoms with Crippen LogP contribution >= 0.6 is 12.2 Å². The highest BCUT2D eigenvalue weighted by Crippen LogP contribution is 2.39. The van der Waals surface area contributed by atoms with Crippen molar-refractivity contribution in [1.82, 2.24) is 4.90 Å². The Kier molecular flexibility index (Phi) is 1.96. The largest absolute Gasteiger partial charge is 0.381 e. The van der Waals surface area contributed by atoms with Crippen LogP contribution in [0.2, 0.25) is 0 Å². The number of rotatable bonds is 0. The summed E-state index contributed by atoms with van der Waals surface area (Å²) in [4.78, 5) is 2.07. The van der Waals surface area contributed by atoms with Gasteiger partial charge in [-0.15, -0.1) is 0 Å². The fraction of sp³-hybridized carbons (Fsp3) is 0.875. The molecular formula is C8H14N2OS. The van der Waals surface area contributed by atoms with E-state index in [1.165, 1.54) is 12.8 Å². The number of likely N-dealkylation sites (tertiary alicyclic amines) is 1. The van der Waals surface area contributed by atoms with Crippen molar-refractivity contribution in [3.05, 3.63) is 0 Å². The summed E-state index contributed by atoms with van der Waals surface area (Å²) < 4.78 is 5.31. The first-order chi connectivity index (χ1) is 5.72. The lowest BCUT2D eigenvalue weighted by Crippen LogP contribution is -2.61. The van der Waals surface area contributed by atoms with E-state index in [-0.39, 0.29) is 0 Å². The van der Waals surface area contributed by atoms with Crippen LogP contribution in [0.1, 0.15) is 12.8 Å². The van der Waals surface area contributed by atoms with E-state index in [9.17, 15) is 0 Å². The molecule has 0 aromatic rings. The number of hydrogen-bond acceptors (Lipinski definition) is 2. The fourth-order valence-corrected chi connectivity index (χ4v) is 2.17. The summed E-state index contributed by atoms with van der Waals surface area (Å²) in [6, 6.07) is 0. The molecule has 0 aromatic heterocycles. The van der Waals surface area contributed by atoms with E-state index in [1.54, 1.807) is 0 Å². The summed E-state index contributed by atoms with van der Waals surface area (Å²) >= 11 is 4.89. The lowest BCUT2D eigenvalue weighted by atomic mass is 9.74. The van der Waals surface area contributed by atoms with E-state index < -0.39 is 0 Å². The molecule has 2 heterocycles. The Morgan fingerprint density at radius 2 is 1.92 bits per heavy atom. The third kappa shape index (κ3) is 1.29. The molecule has 2 aliphatic heterocycles. The zero-order chi connectivity index (χ0) is 8.60. The Morgan fingerprint density at radius 1 is 1.33 bits per heavy atom. The van der Waals surface area contributed by atoms with E-state index in [2.05, 4.69) is 4.90 Å². The molecule has 2 N–H and O–H groups in total. The van der Waals surface area contributed by atoms with Crippen LogP contribution in [0.5, 0.6) is 0 Å². The second kappa shape index (κ2) is 2.85. The molecule has 0 aromatic carbocycles. The summed E-state index contributed by atoms with van der Waals surface area (Å²) in [5, 5.41) is 0.548. The predicted octanol–water partition coefficient (Wildman–Crippen LogP) is 0.342. The minimum Gasteiger partial charge on any atom is -0.381 e. The van der Waals surface area contributed by atoms with E-state index in [4.69, 9.17) is 22.7 Å². The predicted molar refractivity (Wildman–Crippen MR) is 50.8 cm³/mol. The van der Waals surface area contributed by atoms with Gasteiger partial charge in [0.15, 0.2) is 5.11 Å². The van der Waals surface area contributed by atoms with E-state index >= 15 is 0 Å². The molecule has 68 valence electrons. The third-order valence-corrected chi connectivity index (χ3v) is 3.18. The molecule has 4 heteroatoms. The van der Waals surface area contributed by atoms with E-state index in [1.807, 2.05) is 0 Å². The number of thiocarbonyl (C=S) groups is 1. The first-order valence-electron chi connectivity index (χ1n) is 4.34. The molecule has 0 radical (unpaired) electrons. The van der Waals surface area contributed by atoms with Crippen molar-refractivity contribution in [2.45, 2.75) is 12.8 Å². The van der Waals surface area contributed by atoms with E-state index in [0.717, 1.165) is 26.3 Å². The highest BCUT2D eigenvalue weighted by molar-refractivity contribution is 7.80. The van der Waals surface area contributed by atoms with Crippen molar-refractivity contribution >= 4 is 17.3 Å². The zero-order valence-electron chi connectivity index (χ0n) is 7.08. The molecule has 0 amide bonds. The quantitative estimate of drug-likeness (QED) is 0.554. The molecule has 3 nitrogen and oxygen atoms in total. The van der Waals surface area contributed by atoms with Gasteiger partial charge in [-0.1, -0.05) is 0 Å². The minimum absolute atomic E-state index is 0.488. The van der Waals surface area contributed by atoms with Gasteiger partial charge in [0.1, 0.15) is 0 Å². The minimum atomic E-state index is 0.488. The number of ether oxygens (including phenoxy) is 1. The maximum atomic E-state index is 5.51. The Balaban J connectivity index is 1.88. The Labute approximate surface area is 77.9 Å². The van der Waals surface area contributed by atoms with Crippen molar-refractivity contribution in [2.75, 3.05) is 26.3 Å². The van der Waals surface area contributed by atoms with Gasteiger partial charge in [-0.05, 0) is 25.1 Å². The lowest BCUT2D eigenvalue weighted by molar-refractivity contribution is -0.0525. The number of hydrogen-bond donors (Lipinski definition) is 1. The molecule has 2 saturated heterocycles. The van der Waals surface area contributed by atoms with Crippen LogP contribution in [-0.2, 0) is 4.74 Å². The van der Waals surface area contributed by atoms with Crippen LogP contribution in [0, 0.1) is 5.41 Å². The molecule has 2 aliphatic rings. The Bertz CT molecular complexity index is 193. The molecular weight excluding hydrogens is 172 g/mol. The van der Waals surface area contributed by atoms with Crippen LogP contribution in [0.25, 0.3) is 0 Å². The van der Waals surface area contributed by atoms with E-state index in [0.29, 0.717) is 10.5 Å². The van der Waals surface area contributed by atoms with Crippen molar-refractivity contribution in [3.63, 3.8) is 0 Å². The maximum absolute atomic E-state index is 5.51. The van der Waals surface area contributed by atoms with Crippen molar-refractivity contribution in [2.24, 2.45) is 11.1 Å². The van der Waals surface area contributed by atoms with Crippen LogP contribution in [-0.4, -0.2) is 36.3 Å². The zero-order valence-corrected chi connectivity index (χ0v) is 7.90. The van der Waals surface area contributed by atoms with Crippen LogP contribution in [0.15, 0.2) is 0 Å². The van der Waals surface area contributed by atoms with Gasteiger partial charge >= 0.3 is 0 Å². The number of nitrogens with two attached hydrogens (primary N) is 1. The van der Waals surface area contributed by atoms with Gasteiger partial charge in [-0.25, -0.2) is 0 Å². The second-order valence-corrected chi connectivity index (χ2v) is 4.22. The molecule has 0 bridgehead atoms. The van der Waals surface area contributed by atoms with Crippen molar-refractivity contribution in [3.8, 4) is 0 Å². The smallest absolute Gasteiger partial charge is 0.166 e. The van der Waals surface area contributed by atoms with Crippen LogP contribution in [0.4, 0.5) is 0 Å². The monoisotopic (exact) mass is 186 g/mol. The summed E-state index contributed by atoms with van der Waals surface area (Å²) in [5.74, 6) is 0. The average molecular weight is 186 g/mol.